The summed E-state index contributed by atoms with van der Waals surface area (Å²) in [4.78, 5) is 14.2. The smallest absolute Gasteiger partial charge is 0.234 e. The predicted molar refractivity (Wildman–Crippen MR) is 93.0 cm³/mol. The highest BCUT2D eigenvalue weighted by molar-refractivity contribution is 5.85. The number of hydrogen-bond acceptors (Lipinski definition) is 3. The Balaban J connectivity index is 0.00000264. The van der Waals surface area contributed by atoms with Gasteiger partial charge in [-0.05, 0) is 56.3 Å². The summed E-state index contributed by atoms with van der Waals surface area (Å²) in [6.45, 7) is 6.32. The van der Waals surface area contributed by atoms with Crippen LogP contribution in [-0.2, 0) is 11.3 Å². The van der Waals surface area contributed by atoms with Gasteiger partial charge in [-0.3, -0.25) is 9.69 Å². The molecular formula is C17H27ClFN3O. The Bertz CT molecular complexity index is 525. The second kappa shape index (κ2) is 9.21. The Hall–Kier alpha value is -1.17. The van der Waals surface area contributed by atoms with E-state index in [9.17, 15) is 9.18 Å². The summed E-state index contributed by atoms with van der Waals surface area (Å²) in [6, 6.07) is 5.21. The van der Waals surface area contributed by atoms with Gasteiger partial charge in [-0.2, -0.15) is 0 Å². The van der Waals surface area contributed by atoms with Crippen LogP contribution in [0.4, 0.5) is 4.39 Å². The Morgan fingerprint density at radius 3 is 2.91 bits per heavy atom. The first-order chi connectivity index (χ1) is 10.5. The normalized spacial score (nSPS) is 19.7. The topological polar surface area (TPSA) is 58.4 Å². The fourth-order valence-corrected chi connectivity index (χ4v) is 2.87. The van der Waals surface area contributed by atoms with Crippen molar-refractivity contribution < 1.29 is 9.18 Å². The molecule has 0 aliphatic carbocycles. The quantitative estimate of drug-likeness (QED) is 0.862. The number of nitrogens with two attached hydrogens (primary N) is 1. The molecule has 4 nitrogen and oxygen atoms in total. The maximum Gasteiger partial charge on any atom is 0.234 e. The van der Waals surface area contributed by atoms with Crippen LogP contribution in [0.1, 0.15) is 30.9 Å². The fourth-order valence-electron chi connectivity index (χ4n) is 2.87. The lowest BCUT2D eigenvalue weighted by atomic mass is 9.92. The van der Waals surface area contributed by atoms with E-state index in [-0.39, 0.29) is 30.2 Å². The molecule has 1 aromatic carbocycles. The Labute approximate surface area is 144 Å². The number of amides is 1. The third-order valence-corrected chi connectivity index (χ3v) is 4.38. The molecule has 1 amide bonds. The van der Waals surface area contributed by atoms with Crippen LogP contribution in [0.3, 0.4) is 0 Å². The highest BCUT2D eigenvalue weighted by Crippen LogP contribution is 2.18. The van der Waals surface area contributed by atoms with Crippen LogP contribution in [0.5, 0.6) is 0 Å². The maximum atomic E-state index is 13.5. The molecule has 2 atom stereocenters. The Morgan fingerprint density at radius 1 is 1.52 bits per heavy atom. The number of nitrogens with one attached hydrogen (secondary N) is 1. The third kappa shape index (κ3) is 6.09. The van der Waals surface area contributed by atoms with Crippen LogP contribution >= 0.6 is 12.4 Å². The standard InChI is InChI=1S/C17H26FN3O.ClH/c1-12-5-6-14(8-16(12)18)9-20-17(22)11-21-7-3-4-15(10-21)13(2)19;/h5-6,8,13,15H,3-4,7,9-11,19H2,1-2H3,(H,20,22);1H. The van der Waals surface area contributed by atoms with Crippen LogP contribution < -0.4 is 11.1 Å². The average molecular weight is 344 g/mol. The largest absolute Gasteiger partial charge is 0.351 e. The van der Waals surface area contributed by atoms with E-state index in [0.29, 0.717) is 24.6 Å². The molecule has 6 heteroatoms. The third-order valence-electron chi connectivity index (χ3n) is 4.38. The van der Waals surface area contributed by atoms with Crippen LogP contribution in [0.15, 0.2) is 18.2 Å². The molecule has 2 unspecified atom stereocenters. The molecule has 1 aromatic rings. The minimum atomic E-state index is -0.234. The molecule has 0 bridgehead atoms. The maximum absolute atomic E-state index is 13.5. The molecule has 23 heavy (non-hydrogen) atoms. The van der Waals surface area contributed by atoms with Crippen LogP contribution in [0, 0.1) is 18.7 Å². The Morgan fingerprint density at radius 2 is 2.26 bits per heavy atom. The van der Waals surface area contributed by atoms with E-state index < -0.39 is 0 Å². The number of likely N-dealkylation sites (tertiary alicyclic amines) is 1. The minimum absolute atomic E-state index is 0. The zero-order valence-electron chi connectivity index (χ0n) is 13.8. The SMILES string of the molecule is Cc1ccc(CNC(=O)CN2CCCC(C(C)N)C2)cc1F.Cl. The van der Waals surface area contributed by atoms with Crippen LogP contribution in [0.2, 0.25) is 0 Å². The van der Waals surface area contributed by atoms with Gasteiger partial charge in [0.25, 0.3) is 0 Å². The van der Waals surface area contributed by atoms with E-state index in [0.717, 1.165) is 31.5 Å². The van der Waals surface area contributed by atoms with E-state index in [1.54, 1.807) is 13.0 Å². The first kappa shape index (κ1) is 19.9. The van der Waals surface area contributed by atoms with Gasteiger partial charge in [0.2, 0.25) is 5.91 Å². The summed E-state index contributed by atoms with van der Waals surface area (Å²) < 4.78 is 13.5. The lowest BCUT2D eigenvalue weighted by Gasteiger charge is -2.34. The summed E-state index contributed by atoms with van der Waals surface area (Å²) >= 11 is 0. The molecule has 1 aliphatic heterocycles. The average Bonchev–Trinajstić information content (AvgIpc) is 2.49. The number of carbonyl (C=O) groups excluding carboxylic acids is 1. The molecule has 2 rings (SSSR count). The second-order valence-electron chi connectivity index (χ2n) is 6.36. The van der Waals surface area contributed by atoms with E-state index in [4.69, 9.17) is 5.73 Å². The number of halogens is 2. The summed E-state index contributed by atoms with van der Waals surface area (Å²) in [5, 5.41) is 2.86. The van der Waals surface area contributed by atoms with Gasteiger partial charge in [-0.1, -0.05) is 12.1 Å². The van der Waals surface area contributed by atoms with E-state index in [1.165, 1.54) is 6.07 Å². The number of rotatable bonds is 5. The van der Waals surface area contributed by atoms with Crippen molar-refractivity contribution in [1.29, 1.82) is 0 Å². The van der Waals surface area contributed by atoms with E-state index in [2.05, 4.69) is 10.2 Å². The van der Waals surface area contributed by atoms with Crippen LogP contribution in [-0.4, -0.2) is 36.5 Å². The summed E-state index contributed by atoms with van der Waals surface area (Å²) in [7, 11) is 0. The molecule has 0 aromatic heterocycles. The first-order valence-electron chi connectivity index (χ1n) is 7.95. The second-order valence-corrected chi connectivity index (χ2v) is 6.36. The number of piperidine rings is 1. The monoisotopic (exact) mass is 343 g/mol. The highest BCUT2D eigenvalue weighted by atomic mass is 35.5. The van der Waals surface area contributed by atoms with Crippen molar-refractivity contribution in [2.45, 2.75) is 39.3 Å². The number of benzene rings is 1. The molecule has 1 heterocycles. The van der Waals surface area contributed by atoms with E-state index >= 15 is 0 Å². The number of carbonyl (C=O) groups is 1. The van der Waals surface area contributed by atoms with Crippen molar-refractivity contribution in [1.82, 2.24) is 10.2 Å². The van der Waals surface area contributed by atoms with Crippen molar-refractivity contribution in [3.8, 4) is 0 Å². The molecule has 0 spiro atoms. The molecule has 0 radical (unpaired) electrons. The van der Waals surface area contributed by atoms with Crippen molar-refractivity contribution in [3.63, 3.8) is 0 Å². The van der Waals surface area contributed by atoms with Gasteiger partial charge in [0.15, 0.2) is 0 Å². The number of nitrogens with zero attached hydrogens (tertiary/aromatic N) is 1. The molecular weight excluding hydrogens is 317 g/mol. The molecule has 130 valence electrons. The lowest BCUT2D eigenvalue weighted by Crippen LogP contribution is -2.46. The predicted octanol–water partition coefficient (Wildman–Crippen LogP) is 2.23. The molecule has 1 saturated heterocycles. The van der Waals surface area contributed by atoms with Gasteiger partial charge < -0.3 is 11.1 Å². The fraction of sp³-hybridized carbons (Fsp3) is 0.588. The van der Waals surface area contributed by atoms with Gasteiger partial charge in [-0.15, -0.1) is 12.4 Å². The molecule has 1 fully saturated rings. The van der Waals surface area contributed by atoms with Gasteiger partial charge in [-0.25, -0.2) is 4.39 Å². The van der Waals surface area contributed by atoms with Crippen LogP contribution in [0.25, 0.3) is 0 Å². The van der Waals surface area contributed by atoms with Crippen molar-refractivity contribution in [3.05, 3.63) is 35.1 Å². The molecule has 1 aliphatic rings. The summed E-state index contributed by atoms with van der Waals surface area (Å²) in [5.74, 6) is 0.210. The highest BCUT2D eigenvalue weighted by Gasteiger charge is 2.23. The Kier molecular flexibility index (Phi) is 7.95. The summed E-state index contributed by atoms with van der Waals surface area (Å²) in [5.41, 5.74) is 7.36. The first-order valence-corrected chi connectivity index (χ1v) is 7.95. The van der Waals surface area contributed by atoms with Gasteiger partial charge in [0.1, 0.15) is 5.82 Å². The summed E-state index contributed by atoms with van der Waals surface area (Å²) in [6.07, 6.45) is 2.22. The van der Waals surface area contributed by atoms with Gasteiger partial charge in [0.05, 0.1) is 6.54 Å². The van der Waals surface area contributed by atoms with E-state index in [1.807, 2.05) is 13.0 Å². The van der Waals surface area contributed by atoms with Gasteiger partial charge >= 0.3 is 0 Å². The zero-order valence-corrected chi connectivity index (χ0v) is 14.7. The molecule has 0 saturated carbocycles. The zero-order chi connectivity index (χ0) is 16.1. The van der Waals surface area contributed by atoms with Gasteiger partial charge in [0, 0.05) is 19.1 Å². The number of hydrogen-bond donors (Lipinski definition) is 2. The van der Waals surface area contributed by atoms with Crippen molar-refractivity contribution >= 4 is 18.3 Å². The number of aryl methyl sites for hydroxylation is 1. The minimum Gasteiger partial charge on any atom is -0.351 e. The van der Waals surface area contributed by atoms with Crippen molar-refractivity contribution in [2.24, 2.45) is 11.7 Å². The van der Waals surface area contributed by atoms with Crippen molar-refractivity contribution in [2.75, 3.05) is 19.6 Å². The lowest BCUT2D eigenvalue weighted by molar-refractivity contribution is -0.122. The molecule has 3 N–H and O–H groups in total.